The normalized spacial score (nSPS) is 19.7. The van der Waals surface area contributed by atoms with E-state index in [-0.39, 0.29) is 17.1 Å². The summed E-state index contributed by atoms with van der Waals surface area (Å²) in [5.41, 5.74) is 3.54. The van der Waals surface area contributed by atoms with Crippen molar-refractivity contribution in [1.82, 2.24) is 0 Å². The minimum atomic E-state index is -0.628. The Morgan fingerprint density at radius 2 is 1.84 bits per heavy atom. The number of carbonyl (C=O) groups is 2. The number of methoxy groups -OCH3 is 2. The van der Waals surface area contributed by atoms with Crippen LogP contribution in [0.15, 0.2) is 53.7 Å². The van der Waals surface area contributed by atoms with Gasteiger partial charge in [-0.25, -0.2) is 0 Å². The smallest absolute Gasteiger partial charge is 0.224 e. The number of fused-ring (bicyclic) bond motifs is 1. The summed E-state index contributed by atoms with van der Waals surface area (Å²) in [5.74, 6) is 1.11. The van der Waals surface area contributed by atoms with Gasteiger partial charge in [0.1, 0.15) is 11.5 Å². The number of carbonyl (C=O) groups excluding carboxylic acids is 2. The zero-order valence-corrected chi connectivity index (χ0v) is 18.6. The highest BCUT2D eigenvalue weighted by Gasteiger charge is 2.43. The standard InChI is InChI=1S/C25H28N2O4/c1-15(28)27-20-9-7-6-8-18(20)26-19-13-25(2,3)14-21(29)23(19)24(27)17-12-16(30-4)10-11-22(17)31-5/h6-12,24,26H,13-14H2,1-5H3/t24-/m1/s1. The predicted octanol–water partition coefficient (Wildman–Crippen LogP) is 4.87. The van der Waals surface area contributed by atoms with Crippen molar-refractivity contribution in [1.29, 1.82) is 0 Å². The maximum absolute atomic E-state index is 13.5. The lowest BCUT2D eigenvalue weighted by atomic mass is 9.73. The number of nitrogens with one attached hydrogen (secondary N) is 1. The topological polar surface area (TPSA) is 67.9 Å². The Hall–Kier alpha value is -3.28. The van der Waals surface area contributed by atoms with E-state index in [0.717, 1.165) is 22.6 Å². The van der Waals surface area contributed by atoms with Crippen molar-refractivity contribution < 1.29 is 19.1 Å². The third-order valence-corrected chi connectivity index (χ3v) is 5.97. The molecule has 162 valence electrons. The first-order valence-corrected chi connectivity index (χ1v) is 10.4. The van der Waals surface area contributed by atoms with Gasteiger partial charge in [-0.05, 0) is 42.2 Å². The second-order valence-corrected chi connectivity index (χ2v) is 8.87. The quantitative estimate of drug-likeness (QED) is 0.768. The first kappa shape index (κ1) is 21.0. The lowest BCUT2D eigenvalue weighted by Crippen LogP contribution is -2.38. The van der Waals surface area contributed by atoms with Gasteiger partial charge in [-0.15, -0.1) is 0 Å². The zero-order valence-electron chi connectivity index (χ0n) is 18.6. The highest BCUT2D eigenvalue weighted by atomic mass is 16.5. The van der Waals surface area contributed by atoms with Gasteiger partial charge in [-0.3, -0.25) is 14.5 Å². The van der Waals surface area contributed by atoms with Gasteiger partial charge in [-0.1, -0.05) is 26.0 Å². The maximum atomic E-state index is 13.5. The molecule has 0 radical (unpaired) electrons. The zero-order chi connectivity index (χ0) is 22.3. The van der Waals surface area contributed by atoms with Crippen molar-refractivity contribution in [2.75, 3.05) is 24.4 Å². The van der Waals surface area contributed by atoms with E-state index in [1.807, 2.05) is 42.5 Å². The van der Waals surface area contributed by atoms with Crippen molar-refractivity contribution in [3.63, 3.8) is 0 Å². The van der Waals surface area contributed by atoms with Crippen LogP contribution in [0.25, 0.3) is 0 Å². The fourth-order valence-electron chi connectivity index (χ4n) is 4.68. The molecule has 1 heterocycles. The van der Waals surface area contributed by atoms with Gasteiger partial charge in [0.25, 0.3) is 0 Å². The fourth-order valence-corrected chi connectivity index (χ4v) is 4.68. The molecule has 1 aliphatic heterocycles. The van der Waals surface area contributed by atoms with E-state index in [1.165, 1.54) is 6.92 Å². The van der Waals surface area contributed by atoms with Gasteiger partial charge >= 0.3 is 0 Å². The molecule has 2 aliphatic rings. The average molecular weight is 421 g/mol. The number of anilines is 2. The molecule has 0 saturated carbocycles. The van der Waals surface area contributed by atoms with Gasteiger partial charge in [0.15, 0.2) is 5.78 Å². The van der Waals surface area contributed by atoms with Crippen LogP contribution in [0.2, 0.25) is 0 Å². The number of nitrogens with zero attached hydrogens (tertiary/aromatic N) is 1. The van der Waals surface area contributed by atoms with Crippen LogP contribution in [0, 0.1) is 5.41 Å². The molecule has 0 spiro atoms. The molecule has 1 N–H and O–H groups in total. The van der Waals surface area contributed by atoms with Gasteiger partial charge < -0.3 is 14.8 Å². The summed E-state index contributed by atoms with van der Waals surface area (Å²) >= 11 is 0. The van der Waals surface area contributed by atoms with E-state index in [4.69, 9.17) is 9.47 Å². The molecule has 6 heteroatoms. The Morgan fingerprint density at radius 1 is 1.10 bits per heavy atom. The molecular weight excluding hydrogens is 392 g/mol. The summed E-state index contributed by atoms with van der Waals surface area (Å²) in [6.45, 7) is 5.72. The van der Waals surface area contributed by atoms with Crippen LogP contribution < -0.4 is 19.7 Å². The third-order valence-electron chi connectivity index (χ3n) is 5.97. The molecule has 2 aromatic rings. The second-order valence-electron chi connectivity index (χ2n) is 8.87. The van der Waals surface area contributed by atoms with E-state index in [2.05, 4.69) is 19.2 Å². The van der Waals surface area contributed by atoms with Crippen molar-refractivity contribution in [3.05, 3.63) is 59.3 Å². The van der Waals surface area contributed by atoms with Crippen molar-refractivity contribution in [3.8, 4) is 11.5 Å². The number of ketones is 1. The number of hydrogen-bond acceptors (Lipinski definition) is 5. The molecule has 6 nitrogen and oxygen atoms in total. The Kier molecular flexibility index (Phi) is 5.25. The van der Waals surface area contributed by atoms with E-state index in [0.29, 0.717) is 29.9 Å². The number of hydrogen-bond donors (Lipinski definition) is 1. The molecule has 2 aromatic carbocycles. The largest absolute Gasteiger partial charge is 0.497 e. The predicted molar refractivity (Wildman–Crippen MR) is 121 cm³/mol. The van der Waals surface area contributed by atoms with E-state index < -0.39 is 6.04 Å². The minimum Gasteiger partial charge on any atom is -0.497 e. The van der Waals surface area contributed by atoms with Crippen molar-refractivity contribution in [2.45, 2.75) is 39.7 Å². The molecule has 0 aromatic heterocycles. The molecule has 1 amide bonds. The number of rotatable bonds is 3. The summed E-state index contributed by atoms with van der Waals surface area (Å²) in [6.07, 6.45) is 1.12. The van der Waals surface area contributed by atoms with E-state index >= 15 is 0 Å². The fraction of sp³-hybridized carbons (Fsp3) is 0.360. The summed E-state index contributed by atoms with van der Waals surface area (Å²) in [6, 6.07) is 12.5. The molecule has 0 fully saturated rings. The number of amides is 1. The lowest BCUT2D eigenvalue weighted by Gasteiger charge is -2.37. The highest BCUT2D eigenvalue weighted by Crippen LogP contribution is 2.50. The molecule has 1 aliphatic carbocycles. The molecule has 31 heavy (non-hydrogen) atoms. The molecule has 4 rings (SSSR count). The number of para-hydroxylation sites is 2. The summed E-state index contributed by atoms with van der Waals surface area (Å²) in [7, 11) is 3.19. The van der Waals surface area contributed by atoms with Crippen LogP contribution in [0.4, 0.5) is 11.4 Å². The van der Waals surface area contributed by atoms with Gasteiger partial charge in [0.05, 0.1) is 31.6 Å². The highest BCUT2D eigenvalue weighted by molar-refractivity contribution is 6.06. The molecule has 0 bridgehead atoms. The van der Waals surface area contributed by atoms with Crippen molar-refractivity contribution >= 4 is 23.1 Å². The Balaban J connectivity index is 2.06. The van der Waals surface area contributed by atoms with Gasteiger partial charge in [-0.2, -0.15) is 0 Å². The Labute approximate surface area is 182 Å². The number of benzene rings is 2. The Bertz CT molecular complexity index is 1090. The number of Topliss-reactive ketones (excluding diaryl/α,β-unsaturated/α-hetero) is 1. The van der Waals surface area contributed by atoms with Crippen LogP contribution in [-0.2, 0) is 9.59 Å². The third kappa shape index (κ3) is 3.67. The lowest BCUT2D eigenvalue weighted by molar-refractivity contribution is -0.118. The number of ether oxygens (including phenoxy) is 2. The first-order valence-electron chi connectivity index (χ1n) is 10.4. The first-order chi connectivity index (χ1) is 14.8. The molecular formula is C25H28N2O4. The maximum Gasteiger partial charge on any atom is 0.224 e. The van der Waals surface area contributed by atoms with Crippen LogP contribution in [0.1, 0.15) is 45.2 Å². The summed E-state index contributed by atoms with van der Waals surface area (Å²) in [5, 5.41) is 3.49. The van der Waals surface area contributed by atoms with Gasteiger partial charge in [0, 0.05) is 30.2 Å². The minimum absolute atomic E-state index is 0.0349. The monoisotopic (exact) mass is 420 g/mol. The van der Waals surface area contributed by atoms with E-state index in [1.54, 1.807) is 19.1 Å². The average Bonchev–Trinajstić information content (AvgIpc) is 2.86. The van der Waals surface area contributed by atoms with Crippen LogP contribution in [0.3, 0.4) is 0 Å². The van der Waals surface area contributed by atoms with Crippen LogP contribution in [-0.4, -0.2) is 25.9 Å². The van der Waals surface area contributed by atoms with Crippen molar-refractivity contribution in [2.24, 2.45) is 5.41 Å². The SMILES string of the molecule is COc1ccc(OC)c([C@@H]2C3=C(CC(C)(C)CC3=O)Nc3ccccc3N2C(C)=O)c1. The summed E-state index contributed by atoms with van der Waals surface area (Å²) < 4.78 is 11.1. The molecule has 0 unspecified atom stereocenters. The summed E-state index contributed by atoms with van der Waals surface area (Å²) in [4.78, 5) is 28.3. The van der Waals surface area contributed by atoms with Gasteiger partial charge in [0.2, 0.25) is 5.91 Å². The van der Waals surface area contributed by atoms with E-state index in [9.17, 15) is 9.59 Å². The number of allylic oxidation sites excluding steroid dienone is 1. The second kappa shape index (κ2) is 7.76. The Morgan fingerprint density at radius 3 is 2.52 bits per heavy atom. The molecule has 0 saturated heterocycles. The van der Waals surface area contributed by atoms with Crippen LogP contribution >= 0.6 is 0 Å². The van der Waals surface area contributed by atoms with Crippen LogP contribution in [0.5, 0.6) is 11.5 Å². The molecule has 1 atom stereocenters.